The normalized spacial score (nSPS) is 12.6. The molecule has 2 N–H and O–H groups in total. The molecule has 1 aromatic carbocycles. The summed E-state index contributed by atoms with van der Waals surface area (Å²) in [5.74, 6) is -0.0444. The van der Waals surface area contributed by atoms with Gasteiger partial charge < -0.3 is 10.6 Å². The van der Waals surface area contributed by atoms with Crippen molar-refractivity contribution in [3.8, 4) is 0 Å². The van der Waals surface area contributed by atoms with Gasteiger partial charge in [0.2, 0.25) is 12.3 Å². The molecule has 1 rings (SSSR count). The monoisotopic (exact) mass is 288 g/mol. The van der Waals surface area contributed by atoms with Gasteiger partial charge in [-0.1, -0.05) is 37.3 Å². The van der Waals surface area contributed by atoms with Crippen LogP contribution in [0.4, 0.5) is 0 Å². The maximum absolute atomic E-state index is 11.7. The molecular formula is C17H24N2O2. The number of hydrogen-bond acceptors (Lipinski definition) is 2. The van der Waals surface area contributed by atoms with Crippen LogP contribution in [0.2, 0.25) is 0 Å². The minimum Gasteiger partial charge on any atom is -0.338 e. The predicted molar refractivity (Wildman–Crippen MR) is 85.5 cm³/mol. The van der Waals surface area contributed by atoms with E-state index in [1.165, 1.54) is 5.56 Å². The van der Waals surface area contributed by atoms with Gasteiger partial charge in [-0.05, 0) is 37.0 Å². The first-order chi connectivity index (χ1) is 10.1. The molecule has 21 heavy (non-hydrogen) atoms. The van der Waals surface area contributed by atoms with Crippen LogP contribution in [0.3, 0.4) is 0 Å². The summed E-state index contributed by atoms with van der Waals surface area (Å²) in [4.78, 5) is 22.5. The minimum atomic E-state index is -0.382. The number of hydrogen-bond donors (Lipinski definition) is 2. The minimum absolute atomic E-state index is 0.0444. The van der Waals surface area contributed by atoms with Crippen molar-refractivity contribution in [2.24, 2.45) is 0 Å². The smallest absolute Gasteiger partial charge is 0.221 e. The van der Waals surface area contributed by atoms with E-state index in [-0.39, 0.29) is 12.1 Å². The molecule has 0 fully saturated rings. The molecule has 0 aliphatic rings. The van der Waals surface area contributed by atoms with Crippen molar-refractivity contribution in [2.45, 2.75) is 46.2 Å². The Labute approximate surface area is 126 Å². The summed E-state index contributed by atoms with van der Waals surface area (Å²) < 4.78 is 0. The lowest BCUT2D eigenvalue weighted by Gasteiger charge is -2.20. The third-order valence-corrected chi connectivity index (χ3v) is 3.35. The standard InChI is InChI=1S/C17H24N2O2/c1-4-8-17(21)19-16(18-12-20)11-14(5-2)15-10-7-6-9-13(15)3/h5-7,9-10,12,16H,4,8,11H2,1-3H3,(H,18,20)(H,19,21)/b14-5-/t16-/m0/s1. The topological polar surface area (TPSA) is 58.2 Å². The Bertz CT molecular complexity index is 509. The molecular weight excluding hydrogens is 264 g/mol. The number of aryl methyl sites for hydroxylation is 1. The summed E-state index contributed by atoms with van der Waals surface area (Å²) in [5, 5.41) is 5.52. The van der Waals surface area contributed by atoms with Gasteiger partial charge in [0.1, 0.15) is 6.17 Å². The van der Waals surface area contributed by atoms with Gasteiger partial charge in [0.05, 0.1) is 0 Å². The Kier molecular flexibility index (Phi) is 7.23. The highest BCUT2D eigenvalue weighted by atomic mass is 16.2. The van der Waals surface area contributed by atoms with Gasteiger partial charge in [-0.15, -0.1) is 0 Å². The van der Waals surface area contributed by atoms with Crippen LogP contribution < -0.4 is 10.6 Å². The summed E-state index contributed by atoms with van der Waals surface area (Å²) in [6.07, 6.45) is 4.08. The van der Waals surface area contributed by atoms with E-state index < -0.39 is 0 Å². The lowest BCUT2D eigenvalue weighted by molar-refractivity contribution is -0.122. The second kappa shape index (κ2) is 8.95. The summed E-state index contributed by atoms with van der Waals surface area (Å²) >= 11 is 0. The number of allylic oxidation sites excluding steroid dienone is 1. The van der Waals surface area contributed by atoms with Crippen molar-refractivity contribution >= 4 is 17.9 Å². The van der Waals surface area contributed by atoms with E-state index in [9.17, 15) is 9.59 Å². The zero-order chi connectivity index (χ0) is 15.7. The highest BCUT2D eigenvalue weighted by Crippen LogP contribution is 2.22. The number of benzene rings is 1. The number of nitrogens with one attached hydrogen (secondary N) is 2. The van der Waals surface area contributed by atoms with Gasteiger partial charge in [0.25, 0.3) is 0 Å². The average molecular weight is 288 g/mol. The van der Waals surface area contributed by atoms with Crippen LogP contribution in [0.1, 0.15) is 44.2 Å². The molecule has 0 unspecified atom stereocenters. The molecule has 1 atom stereocenters. The number of carbonyl (C=O) groups excluding carboxylic acids is 2. The van der Waals surface area contributed by atoms with Gasteiger partial charge in [-0.2, -0.15) is 0 Å². The molecule has 4 nitrogen and oxygen atoms in total. The van der Waals surface area contributed by atoms with Gasteiger partial charge >= 0.3 is 0 Å². The van der Waals surface area contributed by atoms with Crippen LogP contribution >= 0.6 is 0 Å². The predicted octanol–water partition coefficient (Wildman–Crippen LogP) is 2.78. The van der Waals surface area contributed by atoms with E-state index in [0.717, 1.165) is 17.6 Å². The highest BCUT2D eigenvalue weighted by Gasteiger charge is 2.14. The summed E-state index contributed by atoms with van der Waals surface area (Å²) in [6, 6.07) is 8.09. The first kappa shape index (κ1) is 17.0. The molecule has 0 radical (unpaired) electrons. The van der Waals surface area contributed by atoms with Crippen LogP contribution in [0.25, 0.3) is 5.57 Å². The molecule has 0 bridgehead atoms. The molecule has 0 saturated heterocycles. The second-order valence-corrected chi connectivity index (χ2v) is 4.99. The Morgan fingerprint density at radius 1 is 1.33 bits per heavy atom. The van der Waals surface area contributed by atoms with Crippen molar-refractivity contribution < 1.29 is 9.59 Å². The molecule has 0 aliphatic carbocycles. The van der Waals surface area contributed by atoms with Crippen LogP contribution in [-0.4, -0.2) is 18.5 Å². The third kappa shape index (κ3) is 5.42. The van der Waals surface area contributed by atoms with E-state index in [1.807, 2.05) is 32.1 Å². The molecule has 0 aromatic heterocycles. The lowest BCUT2D eigenvalue weighted by atomic mass is 9.97. The second-order valence-electron chi connectivity index (χ2n) is 4.99. The number of amides is 2. The zero-order valence-corrected chi connectivity index (χ0v) is 13.0. The van der Waals surface area contributed by atoms with Crippen molar-refractivity contribution in [1.29, 1.82) is 0 Å². The Morgan fingerprint density at radius 3 is 2.62 bits per heavy atom. The average Bonchev–Trinajstić information content (AvgIpc) is 2.46. The van der Waals surface area contributed by atoms with Crippen LogP contribution in [-0.2, 0) is 9.59 Å². The van der Waals surface area contributed by atoms with Gasteiger partial charge in [0, 0.05) is 12.8 Å². The van der Waals surface area contributed by atoms with E-state index in [0.29, 0.717) is 19.3 Å². The van der Waals surface area contributed by atoms with Crippen molar-refractivity contribution in [2.75, 3.05) is 0 Å². The SMILES string of the molecule is C/C=C(/C[C@@H](NC=O)NC(=O)CCC)c1ccccc1C. The van der Waals surface area contributed by atoms with Gasteiger partial charge in [-0.3, -0.25) is 9.59 Å². The fourth-order valence-electron chi connectivity index (χ4n) is 2.26. The molecule has 114 valence electrons. The number of carbonyl (C=O) groups is 2. The summed E-state index contributed by atoms with van der Waals surface area (Å²) in [6.45, 7) is 5.97. The quantitative estimate of drug-likeness (QED) is 0.571. The van der Waals surface area contributed by atoms with Crippen molar-refractivity contribution in [3.63, 3.8) is 0 Å². The fourth-order valence-corrected chi connectivity index (χ4v) is 2.26. The van der Waals surface area contributed by atoms with Crippen LogP contribution in [0.15, 0.2) is 30.3 Å². The molecule has 4 heteroatoms. The molecule has 1 aromatic rings. The molecule has 0 spiro atoms. The van der Waals surface area contributed by atoms with Crippen LogP contribution in [0, 0.1) is 6.92 Å². The van der Waals surface area contributed by atoms with Crippen molar-refractivity contribution in [3.05, 3.63) is 41.5 Å². The van der Waals surface area contributed by atoms with E-state index in [1.54, 1.807) is 0 Å². The van der Waals surface area contributed by atoms with Gasteiger partial charge in [0.15, 0.2) is 0 Å². The maximum Gasteiger partial charge on any atom is 0.221 e. The van der Waals surface area contributed by atoms with Crippen molar-refractivity contribution in [1.82, 2.24) is 10.6 Å². The molecule has 2 amide bonds. The third-order valence-electron chi connectivity index (χ3n) is 3.35. The van der Waals surface area contributed by atoms with Gasteiger partial charge in [-0.25, -0.2) is 0 Å². The first-order valence-corrected chi connectivity index (χ1v) is 7.32. The van der Waals surface area contributed by atoms with E-state index >= 15 is 0 Å². The molecule has 0 aliphatic heterocycles. The highest BCUT2D eigenvalue weighted by molar-refractivity contribution is 5.77. The fraction of sp³-hybridized carbons (Fsp3) is 0.412. The first-order valence-electron chi connectivity index (χ1n) is 7.32. The Hall–Kier alpha value is -2.10. The lowest BCUT2D eigenvalue weighted by Crippen LogP contribution is -2.44. The molecule has 0 heterocycles. The Morgan fingerprint density at radius 2 is 2.05 bits per heavy atom. The number of rotatable bonds is 8. The summed E-state index contributed by atoms with van der Waals surface area (Å²) in [7, 11) is 0. The zero-order valence-electron chi connectivity index (χ0n) is 13.0. The van der Waals surface area contributed by atoms with Crippen LogP contribution in [0.5, 0.6) is 0 Å². The largest absolute Gasteiger partial charge is 0.338 e. The molecule has 0 saturated carbocycles. The van der Waals surface area contributed by atoms with E-state index in [2.05, 4.69) is 29.7 Å². The Balaban J connectivity index is 2.83. The maximum atomic E-state index is 11.7. The summed E-state index contributed by atoms with van der Waals surface area (Å²) in [5.41, 5.74) is 3.42. The van der Waals surface area contributed by atoms with E-state index in [4.69, 9.17) is 0 Å².